The van der Waals surface area contributed by atoms with Crippen molar-refractivity contribution >= 4 is 34.5 Å². The highest BCUT2D eigenvalue weighted by molar-refractivity contribution is 6.62. The first-order chi connectivity index (χ1) is 13.4. The molecule has 0 spiro atoms. The van der Waals surface area contributed by atoms with E-state index in [0.717, 1.165) is 38.5 Å². The second-order valence-corrected chi connectivity index (χ2v) is 8.49. The maximum Gasteiger partial charge on any atom is 0.494 e. The summed E-state index contributed by atoms with van der Waals surface area (Å²) in [6.45, 7) is 8.31. The molecule has 28 heavy (non-hydrogen) atoms. The highest BCUT2D eigenvalue weighted by Gasteiger charge is 2.51. The third-order valence-corrected chi connectivity index (χ3v) is 6.13. The Morgan fingerprint density at radius 3 is 2.18 bits per heavy atom. The summed E-state index contributed by atoms with van der Waals surface area (Å²) in [5, 5.41) is 2.28. The van der Waals surface area contributed by atoms with E-state index in [-0.39, 0.29) is 18.3 Å². The molecule has 140 valence electrons. The van der Waals surface area contributed by atoms with Gasteiger partial charge in [-0.25, -0.2) is 0 Å². The van der Waals surface area contributed by atoms with Crippen LogP contribution in [0.2, 0.25) is 0 Å². The monoisotopic (exact) mass is 370 g/mol. The quantitative estimate of drug-likeness (QED) is 0.434. The SMILES string of the molecule is CC1(C)OB(c2cccc(-c3cccc4oc5ccccc5c34)c2)OC1(C)C. The highest BCUT2D eigenvalue weighted by Crippen LogP contribution is 2.38. The van der Waals surface area contributed by atoms with Gasteiger partial charge in [-0.15, -0.1) is 0 Å². The van der Waals surface area contributed by atoms with Crippen molar-refractivity contribution in [3.05, 3.63) is 66.7 Å². The van der Waals surface area contributed by atoms with Gasteiger partial charge in [0.2, 0.25) is 0 Å². The number of fused-ring (bicyclic) bond motifs is 3. The molecule has 0 aliphatic carbocycles. The molecule has 1 fully saturated rings. The van der Waals surface area contributed by atoms with E-state index >= 15 is 0 Å². The Morgan fingerprint density at radius 1 is 0.714 bits per heavy atom. The molecule has 0 unspecified atom stereocenters. The Bertz CT molecular complexity index is 1170. The lowest BCUT2D eigenvalue weighted by Gasteiger charge is -2.32. The number of furan rings is 1. The summed E-state index contributed by atoms with van der Waals surface area (Å²) in [6, 6.07) is 22.8. The standard InChI is InChI=1S/C24H23BO3/c1-23(2)24(3,4)28-25(27-23)17-10-7-9-16(15-17)18-12-8-14-21-22(18)19-11-5-6-13-20(19)26-21/h5-15H,1-4H3. The molecule has 0 saturated carbocycles. The Hall–Kier alpha value is -2.56. The highest BCUT2D eigenvalue weighted by atomic mass is 16.7. The van der Waals surface area contributed by atoms with E-state index in [1.54, 1.807) is 0 Å². The van der Waals surface area contributed by atoms with Crippen LogP contribution in [0.15, 0.2) is 71.1 Å². The van der Waals surface area contributed by atoms with Crippen molar-refractivity contribution in [1.82, 2.24) is 0 Å². The first-order valence-corrected chi connectivity index (χ1v) is 9.72. The summed E-state index contributed by atoms with van der Waals surface area (Å²) in [6.07, 6.45) is 0. The van der Waals surface area contributed by atoms with Crippen LogP contribution in [0.1, 0.15) is 27.7 Å². The van der Waals surface area contributed by atoms with Gasteiger partial charge >= 0.3 is 7.12 Å². The van der Waals surface area contributed by atoms with Gasteiger partial charge in [0.05, 0.1) is 11.2 Å². The predicted molar refractivity (Wildman–Crippen MR) is 115 cm³/mol. The maximum absolute atomic E-state index is 6.24. The van der Waals surface area contributed by atoms with Gasteiger partial charge < -0.3 is 13.7 Å². The van der Waals surface area contributed by atoms with Crippen molar-refractivity contribution in [3.63, 3.8) is 0 Å². The number of rotatable bonds is 2. The molecule has 0 amide bonds. The second kappa shape index (κ2) is 5.97. The minimum atomic E-state index is -0.370. The largest absolute Gasteiger partial charge is 0.494 e. The maximum atomic E-state index is 6.24. The molecule has 3 aromatic carbocycles. The van der Waals surface area contributed by atoms with Gasteiger partial charge in [-0.05, 0) is 56.4 Å². The van der Waals surface area contributed by atoms with Gasteiger partial charge in [0.25, 0.3) is 0 Å². The minimum Gasteiger partial charge on any atom is -0.456 e. The zero-order valence-electron chi connectivity index (χ0n) is 16.7. The fourth-order valence-corrected chi connectivity index (χ4v) is 3.85. The van der Waals surface area contributed by atoms with Crippen LogP contribution >= 0.6 is 0 Å². The average molecular weight is 370 g/mol. The van der Waals surface area contributed by atoms with Crippen LogP contribution in [0.25, 0.3) is 33.1 Å². The third kappa shape index (κ3) is 2.60. The average Bonchev–Trinajstić information content (AvgIpc) is 3.15. The molecule has 1 aliphatic rings. The van der Waals surface area contributed by atoms with Gasteiger partial charge in [-0.1, -0.05) is 54.6 Å². The molecular formula is C24H23BO3. The predicted octanol–water partition coefficient (Wildman–Crippen LogP) is 5.55. The van der Waals surface area contributed by atoms with Gasteiger partial charge in [-0.3, -0.25) is 0 Å². The number of benzene rings is 3. The molecule has 4 heteroatoms. The van der Waals surface area contributed by atoms with Gasteiger partial charge in [0.15, 0.2) is 0 Å². The van der Waals surface area contributed by atoms with Crippen LogP contribution in [0.5, 0.6) is 0 Å². The zero-order chi connectivity index (χ0) is 19.5. The van der Waals surface area contributed by atoms with E-state index in [0.29, 0.717) is 0 Å². The topological polar surface area (TPSA) is 31.6 Å². The van der Waals surface area contributed by atoms with Crippen LogP contribution in [-0.4, -0.2) is 18.3 Å². The fraction of sp³-hybridized carbons (Fsp3) is 0.250. The third-order valence-electron chi connectivity index (χ3n) is 6.13. The normalized spacial score (nSPS) is 18.2. The lowest BCUT2D eigenvalue weighted by Crippen LogP contribution is -2.41. The molecular weight excluding hydrogens is 347 g/mol. The second-order valence-electron chi connectivity index (χ2n) is 8.49. The summed E-state index contributed by atoms with van der Waals surface area (Å²) < 4.78 is 18.5. The Kier molecular flexibility index (Phi) is 3.74. The summed E-state index contributed by atoms with van der Waals surface area (Å²) in [5.41, 5.74) is 4.42. The molecule has 5 rings (SSSR count). The summed E-state index contributed by atoms with van der Waals surface area (Å²) in [4.78, 5) is 0. The lowest BCUT2D eigenvalue weighted by molar-refractivity contribution is 0.00578. The Morgan fingerprint density at radius 2 is 1.39 bits per heavy atom. The minimum absolute atomic E-state index is 0.353. The van der Waals surface area contributed by atoms with E-state index < -0.39 is 0 Å². The van der Waals surface area contributed by atoms with Gasteiger partial charge in [0, 0.05) is 10.8 Å². The first-order valence-electron chi connectivity index (χ1n) is 9.72. The Labute approximate surface area is 165 Å². The summed E-state index contributed by atoms with van der Waals surface area (Å²) in [7, 11) is -0.370. The van der Waals surface area contributed by atoms with Crippen molar-refractivity contribution in [2.75, 3.05) is 0 Å². The molecule has 1 aliphatic heterocycles. The van der Waals surface area contributed by atoms with E-state index in [9.17, 15) is 0 Å². The van der Waals surface area contributed by atoms with E-state index in [4.69, 9.17) is 13.7 Å². The van der Waals surface area contributed by atoms with Crippen molar-refractivity contribution in [1.29, 1.82) is 0 Å². The molecule has 2 heterocycles. The summed E-state index contributed by atoms with van der Waals surface area (Å²) >= 11 is 0. The molecule has 0 bridgehead atoms. The molecule has 1 saturated heterocycles. The van der Waals surface area contributed by atoms with Crippen molar-refractivity contribution in [2.45, 2.75) is 38.9 Å². The molecule has 0 N–H and O–H groups in total. The lowest BCUT2D eigenvalue weighted by atomic mass is 9.78. The van der Waals surface area contributed by atoms with Gasteiger partial charge in [-0.2, -0.15) is 0 Å². The molecule has 1 aromatic heterocycles. The molecule has 4 aromatic rings. The smallest absolute Gasteiger partial charge is 0.456 e. The first kappa shape index (κ1) is 17.5. The van der Waals surface area contributed by atoms with Crippen LogP contribution in [-0.2, 0) is 9.31 Å². The van der Waals surface area contributed by atoms with Crippen LogP contribution in [0.4, 0.5) is 0 Å². The number of para-hydroxylation sites is 1. The number of hydrogen-bond donors (Lipinski definition) is 0. The van der Waals surface area contributed by atoms with Crippen LogP contribution < -0.4 is 5.46 Å². The van der Waals surface area contributed by atoms with E-state index in [2.05, 4.69) is 70.2 Å². The van der Waals surface area contributed by atoms with Crippen LogP contribution in [0.3, 0.4) is 0 Å². The fourth-order valence-electron chi connectivity index (χ4n) is 3.85. The van der Waals surface area contributed by atoms with E-state index in [1.165, 1.54) is 0 Å². The summed E-state index contributed by atoms with van der Waals surface area (Å²) in [5.74, 6) is 0. The van der Waals surface area contributed by atoms with Crippen molar-refractivity contribution < 1.29 is 13.7 Å². The Balaban J connectivity index is 1.63. The van der Waals surface area contributed by atoms with Crippen LogP contribution in [0, 0.1) is 0 Å². The van der Waals surface area contributed by atoms with Gasteiger partial charge in [0.1, 0.15) is 11.2 Å². The molecule has 0 radical (unpaired) electrons. The molecule has 3 nitrogen and oxygen atoms in total. The zero-order valence-corrected chi connectivity index (χ0v) is 16.7. The van der Waals surface area contributed by atoms with Crippen molar-refractivity contribution in [2.24, 2.45) is 0 Å². The van der Waals surface area contributed by atoms with Crippen molar-refractivity contribution in [3.8, 4) is 11.1 Å². The van der Waals surface area contributed by atoms with E-state index in [1.807, 2.05) is 24.3 Å². The number of hydrogen-bond acceptors (Lipinski definition) is 3. The molecule has 0 atom stereocenters.